The van der Waals surface area contributed by atoms with E-state index in [0.717, 1.165) is 23.9 Å². The molecule has 2 heterocycles. The molecule has 0 aliphatic heterocycles. The Hall–Kier alpha value is -2.34. The summed E-state index contributed by atoms with van der Waals surface area (Å²) >= 11 is 6.10. The number of carbonyl (C=O) groups is 1. The van der Waals surface area contributed by atoms with E-state index in [1.165, 1.54) is 0 Å². The number of halogens is 1. The van der Waals surface area contributed by atoms with E-state index in [1.54, 1.807) is 10.9 Å². The smallest absolute Gasteiger partial charge is 0.221 e. The van der Waals surface area contributed by atoms with Crippen molar-refractivity contribution in [3.63, 3.8) is 0 Å². The lowest BCUT2D eigenvalue weighted by Crippen LogP contribution is -2.26. The number of aryl methyl sites for hydroxylation is 2. The van der Waals surface area contributed by atoms with Crippen LogP contribution in [0.5, 0.6) is 0 Å². The van der Waals surface area contributed by atoms with Gasteiger partial charge in [-0.3, -0.25) is 14.2 Å². The molecule has 1 aromatic carbocycles. The predicted octanol–water partition coefficient (Wildman–Crippen LogP) is 2.48. The molecule has 0 radical (unpaired) electrons. The first-order chi connectivity index (χ1) is 11.2. The van der Waals surface area contributed by atoms with Gasteiger partial charge in [-0.2, -0.15) is 10.2 Å². The minimum Gasteiger partial charge on any atom is -0.356 e. The molecule has 0 aliphatic rings. The first-order valence-corrected chi connectivity index (χ1v) is 7.97. The second-order valence-corrected chi connectivity index (χ2v) is 5.61. The van der Waals surface area contributed by atoms with Gasteiger partial charge in [0.15, 0.2) is 5.15 Å². The second-order valence-electron chi connectivity index (χ2n) is 5.25. The molecule has 0 fully saturated rings. The van der Waals surface area contributed by atoms with Gasteiger partial charge in [0.05, 0.1) is 12.1 Å². The molecule has 0 saturated carbocycles. The highest BCUT2D eigenvalue weighted by atomic mass is 35.5. The van der Waals surface area contributed by atoms with Crippen molar-refractivity contribution in [2.45, 2.75) is 25.9 Å². The van der Waals surface area contributed by atoms with Gasteiger partial charge in [0, 0.05) is 37.3 Å². The van der Waals surface area contributed by atoms with Crippen LogP contribution in [0, 0.1) is 0 Å². The maximum Gasteiger partial charge on any atom is 0.221 e. The van der Waals surface area contributed by atoms with Crippen molar-refractivity contribution < 1.29 is 4.79 Å². The van der Waals surface area contributed by atoms with Gasteiger partial charge in [-0.05, 0) is 24.6 Å². The molecule has 0 bridgehead atoms. The standard InChI is InChI=1S/C16H18ClN5O/c17-16-13-5-1-2-6-14(13)22(20-16)12-7-15(23)18-8-3-10-21-11-4-9-19-21/h1-2,4-6,9,11H,3,7-8,10,12H2,(H,18,23). The van der Waals surface area contributed by atoms with Gasteiger partial charge in [0.25, 0.3) is 0 Å². The highest BCUT2D eigenvalue weighted by Gasteiger charge is 2.09. The molecule has 120 valence electrons. The first-order valence-electron chi connectivity index (χ1n) is 7.59. The highest BCUT2D eigenvalue weighted by molar-refractivity contribution is 6.34. The van der Waals surface area contributed by atoms with E-state index < -0.39 is 0 Å². The molecule has 0 spiro atoms. The van der Waals surface area contributed by atoms with Crippen molar-refractivity contribution in [1.82, 2.24) is 24.9 Å². The Labute approximate surface area is 139 Å². The van der Waals surface area contributed by atoms with Crippen molar-refractivity contribution in [2.75, 3.05) is 6.54 Å². The normalized spacial score (nSPS) is 11.0. The lowest BCUT2D eigenvalue weighted by molar-refractivity contribution is -0.121. The van der Waals surface area contributed by atoms with Crippen LogP contribution in [0.3, 0.4) is 0 Å². The van der Waals surface area contributed by atoms with Gasteiger partial charge in [-0.15, -0.1) is 0 Å². The Balaban J connectivity index is 1.45. The monoisotopic (exact) mass is 331 g/mol. The Morgan fingerprint density at radius 1 is 1.22 bits per heavy atom. The summed E-state index contributed by atoms with van der Waals surface area (Å²) in [6, 6.07) is 9.63. The second kappa shape index (κ2) is 7.28. The summed E-state index contributed by atoms with van der Waals surface area (Å²) in [7, 11) is 0. The van der Waals surface area contributed by atoms with Gasteiger partial charge in [-0.1, -0.05) is 23.7 Å². The van der Waals surface area contributed by atoms with Crippen LogP contribution in [-0.4, -0.2) is 32.0 Å². The Bertz CT molecular complexity index is 781. The zero-order valence-electron chi connectivity index (χ0n) is 12.7. The minimum atomic E-state index is 0.0150. The average molecular weight is 332 g/mol. The lowest BCUT2D eigenvalue weighted by atomic mass is 10.2. The maximum atomic E-state index is 11.9. The lowest BCUT2D eigenvalue weighted by Gasteiger charge is -2.06. The highest BCUT2D eigenvalue weighted by Crippen LogP contribution is 2.22. The van der Waals surface area contributed by atoms with Crippen LogP contribution in [0.2, 0.25) is 5.15 Å². The number of rotatable bonds is 7. The maximum absolute atomic E-state index is 11.9. The van der Waals surface area contributed by atoms with Gasteiger partial charge in [0.1, 0.15) is 0 Å². The molecule has 0 atom stereocenters. The fraction of sp³-hybridized carbons (Fsp3) is 0.312. The van der Waals surface area contributed by atoms with E-state index in [2.05, 4.69) is 15.5 Å². The Morgan fingerprint density at radius 2 is 2.09 bits per heavy atom. The van der Waals surface area contributed by atoms with Crippen LogP contribution in [0.15, 0.2) is 42.7 Å². The zero-order valence-corrected chi connectivity index (χ0v) is 13.4. The van der Waals surface area contributed by atoms with Gasteiger partial charge >= 0.3 is 0 Å². The molecule has 7 heteroatoms. The summed E-state index contributed by atoms with van der Waals surface area (Å²) in [5.74, 6) is 0.0150. The number of hydrogen-bond donors (Lipinski definition) is 1. The summed E-state index contributed by atoms with van der Waals surface area (Å²) < 4.78 is 3.63. The van der Waals surface area contributed by atoms with Gasteiger partial charge in [0.2, 0.25) is 5.91 Å². The van der Waals surface area contributed by atoms with Crippen LogP contribution in [-0.2, 0) is 17.9 Å². The third-order valence-electron chi connectivity index (χ3n) is 3.61. The van der Waals surface area contributed by atoms with Crippen molar-refractivity contribution >= 4 is 28.4 Å². The molecule has 1 N–H and O–H groups in total. The summed E-state index contributed by atoms with van der Waals surface area (Å²) in [5.41, 5.74) is 0.948. The summed E-state index contributed by atoms with van der Waals surface area (Å²) in [4.78, 5) is 11.9. The number of hydrogen-bond acceptors (Lipinski definition) is 3. The fourth-order valence-corrected chi connectivity index (χ4v) is 2.71. The number of carbonyl (C=O) groups excluding carboxylic acids is 1. The summed E-state index contributed by atoms with van der Waals surface area (Å²) in [6.45, 7) is 1.95. The number of para-hydroxylation sites is 1. The molecule has 3 aromatic rings. The molecule has 0 aliphatic carbocycles. The number of amides is 1. The van der Waals surface area contributed by atoms with E-state index in [1.807, 2.05) is 41.2 Å². The van der Waals surface area contributed by atoms with E-state index in [0.29, 0.717) is 24.7 Å². The largest absolute Gasteiger partial charge is 0.356 e. The predicted molar refractivity (Wildman–Crippen MR) is 89.2 cm³/mol. The number of nitrogens with one attached hydrogen (secondary N) is 1. The fourth-order valence-electron chi connectivity index (χ4n) is 2.45. The van der Waals surface area contributed by atoms with E-state index in [4.69, 9.17) is 11.6 Å². The van der Waals surface area contributed by atoms with E-state index in [9.17, 15) is 4.79 Å². The molecule has 3 rings (SSSR count). The SMILES string of the molecule is O=C(CCn1nc(Cl)c2ccccc21)NCCCn1cccn1. The number of nitrogens with zero attached hydrogens (tertiary/aromatic N) is 4. The first kappa shape index (κ1) is 15.6. The Morgan fingerprint density at radius 3 is 2.91 bits per heavy atom. The van der Waals surface area contributed by atoms with Gasteiger partial charge in [-0.25, -0.2) is 0 Å². The van der Waals surface area contributed by atoms with Crippen LogP contribution in [0.4, 0.5) is 0 Å². The number of fused-ring (bicyclic) bond motifs is 1. The molecule has 2 aromatic heterocycles. The van der Waals surface area contributed by atoms with E-state index >= 15 is 0 Å². The van der Waals surface area contributed by atoms with Crippen molar-refractivity contribution in [3.8, 4) is 0 Å². The minimum absolute atomic E-state index is 0.0150. The third-order valence-corrected chi connectivity index (χ3v) is 3.89. The van der Waals surface area contributed by atoms with Crippen LogP contribution >= 0.6 is 11.6 Å². The molecule has 1 amide bonds. The van der Waals surface area contributed by atoms with Gasteiger partial charge < -0.3 is 5.32 Å². The average Bonchev–Trinajstić information content (AvgIpc) is 3.18. The van der Waals surface area contributed by atoms with E-state index in [-0.39, 0.29) is 5.91 Å². The molecule has 0 saturated heterocycles. The number of aromatic nitrogens is 4. The van der Waals surface area contributed by atoms with Crippen LogP contribution in [0.1, 0.15) is 12.8 Å². The zero-order chi connectivity index (χ0) is 16.1. The molecule has 23 heavy (non-hydrogen) atoms. The molecule has 0 unspecified atom stereocenters. The Kier molecular flexibility index (Phi) is 4.92. The molecular weight excluding hydrogens is 314 g/mol. The molecular formula is C16H18ClN5O. The number of benzene rings is 1. The van der Waals surface area contributed by atoms with Crippen molar-refractivity contribution in [1.29, 1.82) is 0 Å². The topological polar surface area (TPSA) is 64.7 Å². The summed E-state index contributed by atoms with van der Waals surface area (Å²) in [5, 5.41) is 12.7. The van der Waals surface area contributed by atoms with Crippen molar-refractivity contribution in [2.24, 2.45) is 0 Å². The molecule has 6 nitrogen and oxygen atoms in total. The summed E-state index contributed by atoms with van der Waals surface area (Å²) in [6.07, 6.45) is 4.89. The van der Waals surface area contributed by atoms with Crippen LogP contribution in [0.25, 0.3) is 10.9 Å². The third kappa shape index (κ3) is 3.90. The quantitative estimate of drug-likeness (QED) is 0.676. The van der Waals surface area contributed by atoms with Crippen molar-refractivity contribution in [3.05, 3.63) is 47.9 Å². The van der Waals surface area contributed by atoms with Crippen LogP contribution < -0.4 is 5.32 Å².